The van der Waals surface area contributed by atoms with Crippen molar-refractivity contribution in [2.75, 3.05) is 14.2 Å². The summed E-state index contributed by atoms with van der Waals surface area (Å²) in [6.45, 7) is 0. The van der Waals surface area contributed by atoms with Gasteiger partial charge in [0.05, 0.1) is 25.5 Å². The number of halogens is 1. The fourth-order valence-electron chi connectivity index (χ4n) is 3.42. The lowest BCUT2D eigenvalue weighted by Crippen LogP contribution is -2.15. The second-order valence-electron chi connectivity index (χ2n) is 7.23. The Hall–Kier alpha value is -4.43. The highest BCUT2D eigenvalue weighted by molar-refractivity contribution is 6.30. The Morgan fingerprint density at radius 2 is 1.49 bits per heavy atom. The minimum absolute atomic E-state index is 0.0793. The Morgan fingerprint density at radius 3 is 2.14 bits per heavy atom. The number of aromatic nitrogens is 2. The highest BCUT2D eigenvalue weighted by atomic mass is 35.5. The standard InChI is InChI=1S/C26H19ClN2O6/c1-33-25(31)21-22(28-29(23(21)26(32)34-2)19-8-4-3-5-9-19)17-7-6-10-20(15-17)35-24(30)16-11-13-18(27)14-12-16/h3-15H,1-2H3. The monoisotopic (exact) mass is 490 g/mol. The fraction of sp³-hybridized carbons (Fsp3) is 0.0769. The molecule has 1 heterocycles. The van der Waals surface area contributed by atoms with Gasteiger partial charge >= 0.3 is 17.9 Å². The van der Waals surface area contributed by atoms with Gasteiger partial charge in [-0.2, -0.15) is 5.10 Å². The number of carbonyl (C=O) groups is 3. The number of methoxy groups -OCH3 is 2. The van der Waals surface area contributed by atoms with Crippen LogP contribution in [-0.4, -0.2) is 41.9 Å². The van der Waals surface area contributed by atoms with E-state index in [2.05, 4.69) is 5.10 Å². The van der Waals surface area contributed by atoms with Gasteiger partial charge in [0, 0.05) is 10.6 Å². The van der Waals surface area contributed by atoms with Crippen LogP contribution >= 0.6 is 11.6 Å². The molecule has 0 amide bonds. The number of hydrogen-bond acceptors (Lipinski definition) is 7. The van der Waals surface area contributed by atoms with E-state index in [0.717, 1.165) is 0 Å². The molecule has 3 aromatic carbocycles. The zero-order valence-corrected chi connectivity index (χ0v) is 19.5. The van der Waals surface area contributed by atoms with Gasteiger partial charge in [-0.25, -0.2) is 19.1 Å². The summed E-state index contributed by atoms with van der Waals surface area (Å²) in [5.41, 5.74) is 1.26. The summed E-state index contributed by atoms with van der Waals surface area (Å²) >= 11 is 5.88. The number of hydrogen-bond donors (Lipinski definition) is 0. The fourth-order valence-corrected chi connectivity index (χ4v) is 3.54. The number of para-hydroxylation sites is 1. The lowest BCUT2D eigenvalue weighted by molar-refractivity contribution is 0.0549. The van der Waals surface area contributed by atoms with Gasteiger partial charge in [0.15, 0.2) is 5.69 Å². The van der Waals surface area contributed by atoms with E-state index in [1.807, 2.05) is 6.07 Å². The maximum absolute atomic E-state index is 12.8. The van der Waals surface area contributed by atoms with Crippen molar-refractivity contribution < 1.29 is 28.6 Å². The molecule has 0 bridgehead atoms. The predicted molar refractivity (Wildman–Crippen MR) is 128 cm³/mol. The van der Waals surface area contributed by atoms with Gasteiger partial charge in [0.25, 0.3) is 0 Å². The summed E-state index contributed by atoms with van der Waals surface area (Å²) in [7, 11) is 2.42. The van der Waals surface area contributed by atoms with E-state index in [-0.39, 0.29) is 22.7 Å². The molecular weight excluding hydrogens is 472 g/mol. The van der Waals surface area contributed by atoms with Crippen LogP contribution in [-0.2, 0) is 9.47 Å². The third-order valence-electron chi connectivity index (χ3n) is 5.05. The average Bonchev–Trinajstić information content (AvgIpc) is 3.29. The van der Waals surface area contributed by atoms with Crippen molar-refractivity contribution in [1.29, 1.82) is 0 Å². The van der Waals surface area contributed by atoms with Crippen LogP contribution in [0.1, 0.15) is 31.2 Å². The van der Waals surface area contributed by atoms with E-state index in [9.17, 15) is 14.4 Å². The number of carbonyl (C=O) groups excluding carboxylic acids is 3. The van der Waals surface area contributed by atoms with Crippen molar-refractivity contribution in [3.05, 3.63) is 101 Å². The first kappa shape index (κ1) is 23.7. The van der Waals surface area contributed by atoms with E-state index < -0.39 is 17.9 Å². The van der Waals surface area contributed by atoms with E-state index in [1.165, 1.54) is 18.9 Å². The Morgan fingerprint density at radius 1 is 0.800 bits per heavy atom. The van der Waals surface area contributed by atoms with Crippen LogP contribution in [0.2, 0.25) is 5.02 Å². The Bertz CT molecular complexity index is 1400. The van der Waals surface area contributed by atoms with Crippen LogP contribution in [0.5, 0.6) is 5.75 Å². The third kappa shape index (κ3) is 4.92. The molecule has 0 unspecified atom stereocenters. The van der Waals surface area contributed by atoms with Crippen LogP contribution in [0.3, 0.4) is 0 Å². The Kier molecular flexibility index (Phi) is 6.93. The van der Waals surface area contributed by atoms with Gasteiger partial charge in [-0.1, -0.05) is 41.9 Å². The van der Waals surface area contributed by atoms with Crippen LogP contribution in [0.15, 0.2) is 78.9 Å². The molecule has 35 heavy (non-hydrogen) atoms. The molecule has 0 radical (unpaired) electrons. The van der Waals surface area contributed by atoms with Gasteiger partial charge in [-0.3, -0.25) is 0 Å². The summed E-state index contributed by atoms with van der Waals surface area (Å²) in [5, 5.41) is 5.03. The van der Waals surface area contributed by atoms with Crippen molar-refractivity contribution in [3.8, 4) is 22.7 Å². The average molecular weight is 491 g/mol. The lowest BCUT2D eigenvalue weighted by atomic mass is 10.1. The Labute approximate surface area is 205 Å². The minimum atomic E-state index is -0.772. The third-order valence-corrected chi connectivity index (χ3v) is 5.30. The summed E-state index contributed by atoms with van der Waals surface area (Å²) in [6, 6.07) is 21.5. The second-order valence-corrected chi connectivity index (χ2v) is 7.66. The highest BCUT2D eigenvalue weighted by Crippen LogP contribution is 2.31. The molecule has 4 aromatic rings. The molecule has 176 valence electrons. The van der Waals surface area contributed by atoms with Gasteiger partial charge in [-0.15, -0.1) is 0 Å². The molecule has 8 nitrogen and oxygen atoms in total. The number of esters is 3. The lowest BCUT2D eigenvalue weighted by Gasteiger charge is -2.07. The SMILES string of the molecule is COC(=O)c1c(-c2cccc(OC(=O)c3ccc(Cl)cc3)c2)nn(-c2ccccc2)c1C(=O)OC. The molecule has 0 saturated carbocycles. The van der Waals surface area contributed by atoms with E-state index in [1.54, 1.807) is 72.8 Å². The Balaban J connectivity index is 1.81. The molecule has 1 aromatic heterocycles. The van der Waals surface area contributed by atoms with E-state index >= 15 is 0 Å². The van der Waals surface area contributed by atoms with Crippen LogP contribution in [0, 0.1) is 0 Å². The quantitative estimate of drug-likeness (QED) is 0.277. The molecule has 0 aliphatic rings. The van der Waals surface area contributed by atoms with Crippen molar-refractivity contribution in [3.63, 3.8) is 0 Å². The number of benzene rings is 3. The second kappa shape index (κ2) is 10.2. The molecular formula is C26H19ClN2O6. The van der Waals surface area contributed by atoms with Gasteiger partial charge in [0.2, 0.25) is 0 Å². The van der Waals surface area contributed by atoms with Gasteiger partial charge in [-0.05, 0) is 48.5 Å². The summed E-state index contributed by atoms with van der Waals surface area (Å²) in [6.07, 6.45) is 0. The molecule has 0 saturated heterocycles. The first-order valence-electron chi connectivity index (χ1n) is 10.4. The molecule has 0 aliphatic heterocycles. The normalized spacial score (nSPS) is 10.5. The maximum atomic E-state index is 12.8. The number of nitrogens with zero attached hydrogens (tertiary/aromatic N) is 2. The van der Waals surface area contributed by atoms with Gasteiger partial charge < -0.3 is 14.2 Å². The van der Waals surface area contributed by atoms with Crippen LogP contribution < -0.4 is 4.74 Å². The molecule has 0 fully saturated rings. The zero-order valence-electron chi connectivity index (χ0n) is 18.7. The molecule has 0 atom stereocenters. The molecule has 0 spiro atoms. The summed E-state index contributed by atoms with van der Waals surface area (Å²) in [4.78, 5) is 38.1. The topological polar surface area (TPSA) is 96.7 Å². The summed E-state index contributed by atoms with van der Waals surface area (Å²) in [5.74, 6) is -1.91. The first-order valence-corrected chi connectivity index (χ1v) is 10.7. The smallest absolute Gasteiger partial charge is 0.357 e. The molecule has 0 aliphatic carbocycles. The largest absolute Gasteiger partial charge is 0.465 e. The summed E-state index contributed by atoms with van der Waals surface area (Å²) < 4.78 is 16.7. The van der Waals surface area contributed by atoms with Crippen molar-refractivity contribution in [2.24, 2.45) is 0 Å². The van der Waals surface area contributed by atoms with E-state index in [4.69, 9.17) is 25.8 Å². The first-order chi connectivity index (χ1) is 16.9. The number of ether oxygens (including phenoxy) is 3. The van der Waals surface area contributed by atoms with Crippen LogP contribution in [0.4, 0.5) is 0 Å². The van der Waals surface area contributed by atoms with Crippen LogP contribution in [0.25, 0.3) is 16.9 Å². The molecule has 0 N–H and O–H groups in total. The number of rotatable bonds is 6. The molecule has 4 rings (SSSR count). The minimum Gasteiger partial charge on any atom is -0.465 e. The zero-order chi connectivity index (χ0) is 24.9. The molecule has 9 heteroatoms. The van der Waals surface area contributed by atoms with Crippen molar-refractivity contribution >= 4 is 29.5 Å². The van der Waals surface area contributed by atoms with E-state index in [0.29, 0.717) is 21.8 Å². The van der Waals surface area contributed by atoms with Crippen molar-refractivity contribution in [2.45, 2.75) is 0 Å². The maximum Gasteiger partial charge on any atom is 0.357 e. The van der Waals surface area contributed by atoms with Crippen molar-refractivity contribution in [1.82, 2.24) is 9.78 Å². The highest BCUT2D eigenvalue weighted by Gasteiger charge is 2.31. The predicted octanol–water partition coefficient (Wildman–Crippen LogP) is 4.99. The van der Waals surface area contributed by atoms with Gasteiger partial charge in [0.1, 0.15) is 17.0 Å².